The van der Waals surface area contributed by atoms with Crippen LogP contribution in [0.1, 0.15) is 15.9 Å². The largest absolute Gasteiger partial charge is 0.497 e. The highest BCUT2D eigenvalue weighted by Gasteiger charge is 2.09. The maximum atomic E-state index is 12.2. The summed E-state index contributed by atoms with van der Waals surface area (Å²) in [6.45, 7) is 0. The third-order valence-electron chi connectivity index (χ3n) is 3.72. The molecule has 0 N–H and O–H groups in total. The Morgan fingerprint density at radius 1 is 0.880 bits per heavy atom. The van der Waals surface area contributed by atoms with E-state index in [0.717, 1.165) is 11.1 Å². The highest BCUT2D eigenvalue weighted by molar-refractivity contribution is 5.91. The van der Waals surface area contributed by atoms with Crippen LogP contribution in [0.4, 0.5) is 0 Å². The molecule has 0 fully saturated rings. The molecule has 0 aliphatic carbocycles. The average Bonchev–Trinajstić information content (AvgIpc) is 2.68. The lowest BCUT2D eigenvalue weighted by atomic mass is 10.0. The molecule has 0 saturated heterocycles. The van der Waals surface area contributed by atoms with Gasteiger partial charge in [-0.15, -0.1) is 0 Å². The van der Waals surface area contributed by atoms with Crippen LogP contribution in [0.25, 0.3) is 11.1 Å². The topological polar surface area (TPSA) is 59.3 Å². The van der Waals surface area contributed by atoms with Crippen LogP contribution in [-0.4, -0.2) is 13.1 Å². The van der Waals surface area contributed by atoms with Gasteiger partial charge in [0, 0.05) is 0 Å². The summed E-state index contributed by atoms with van der Waals surface area (Å²) in [5, 5.41) is 8.84. The van der Waals surface area contributed by atoms with Gasteiger partial charge in [0.1, 0.15) is 11.5 Å². The van der Waals surface area contributed by atoms with Crippen LogP contribution < -0.4 is 9.47 Å². The van der Waals surface area contributed by atoms with E-state index < -0.39 is 5.97 Å². The summed E-state index contributed by atoms with van der Waals surface area (Å²) in [5.74, 6) is 0.626. The van der Waals surface area contributed by atoms with Gasteiger partial charge >= 0.3 is 5.97 Å². The Morgan fingerprint density at radius 2 is 1.52 bits per heavy atom. The van der Waals surface area contributed by atoms with E-state index >= 15 is 0 Å². The molecule has 0 aliphatic heterocycles. The Hall–Kier alpha value is -3.58. The number of hydrogen-bond donors (Lipinski definition) is 0. The monoisotopic (exact) mass is 329 g/mol. The van der Waals surface area contributed by atoms with Gasteiger partial charge in [0.25, 0.3) is 0 Å². The summed E-state index contributed by atoms with van der Waals surface area (Å²) in [4.78, 5) is 12.2. The fraction of sp³-hybridized carbons (Fsp3) is 0.0476. The van der Waals surface area contributed by atoms with Crippen LogP contribution >= 0.6 is 0 Å². The summed E-state index contributed by atoms with van der Waals surface area (Å²) < 4.78 is 10.5. The van der Waals surface area contributed by atoms with Crippen LogP contribution in [0.3, 0.4) is 0 Å². The molecule has 4 heteroatoms. The Bertz CT molecular complexity index is 923. The highest BCUT2D eigenvalue weighted by Crippen LogP contribution is 2.23. The molecule has 0 heterocycles. The fourth-order valence-electron chi connectivity index (χ4n) is 2.37. The van der Waals surface area contributed by atoms with Crippen molar-refractivity contribution in [2.24, 2.45) is 0 Å². The molecule has 0 atom stereocenters. The number of hydrogen-bond acceptors (Lipinski definition) is 4. The van der Waals surface area contributed by atoms with E-state index in [-0.39, 0.29) is 0 Å². The van der Waals surface area contributed by atoms with Crippen molar-refractivity contribution in [1.82, 2.24) is 0 Å². The number of ether oxygens (including phenoxy) is 2. The Kier molecular flexibility index (Phi) is 4.77. The third kappa shape index (κ3) is 3.85. The Morgan fingerprint density at radius 3 is 2.12 bits per heavy atom. The van der Waals surface area contributed by atoms with Gasteiger partial charge in [-0.1, -0.05) is 30.3 Å². The number of carbonyl (C=O) groups is 1. The molecule has 0 radical (unpaired) electrons. The van der Waals surface area contributed by atoms with Gasteiger partial charge in [0.15, 0.2) is 0 Å². The van der Waals surface area contributed by atoms with E-state index in [2.05, 4.69) is 6.07 Å². The minimum atomic E-state index is -0.440. The van der Waals surface area contributed by atoms with Crippen LogP contribution in [0.2, 0.25) is 0 Å². The second-order valence-electron chi connectivity index (χ2n) is 5.34. The Labute approximate surface area is 145 Å². The average molecular weight is 329 g/mol. The zero-order valence-electron chi connectivity index (χ0n) is 13.6. The second-order valence-corrected chi connectivity index (χ2v) is 5.34. The van der Waals surface area contributed by atoms with Crippen LogP contribution in [0, 0.1) is 11.3 Å². The number of benzene rings is 3. The van der Waals surface area contributed by atoms with Crippen LogP contribution in [0.5, 0.6) is 11.5 Å². The first-order valence-electron chi connectivity index (χ1n) is 7.66. The fourth-order valence-corrected chi connectivity index (χ4v) is 2.37. The molecule has 25 heavy (non-hydrogen) atoms. The van der Waals surface area contributed by atoms with E-state index in [1.165, 1.54) is 0 Å². The molecule has 0 bridgehead atoms. The number of nitrogens with zero attached hydrogens (tertiary/aromatic N) is 1. The summed E-state index contributed by atoms with van der Waals surface area (Å²) in [6, 6.07) is 23.4. The molecule has 3 rings (SSSR count). The summed E-state index contributed by atoms with van der Waals surface area (Å²) in [5.41, 5.74) is 3.01. The molecule has 4 nitrogen and oxygen atoms in total. The van der Waals surface area contributed by atoms with Gasteiger partial charge < -0.3 is 9.47 Å². The lowest BCUT2D eigenvalue weighted by Crippen LogP contribution is -2.08. The normalized spacial score (nSPS) is 9.92. The smallest absolute Gasteiger partial charge is 0.343 e. The lowest BCUT2D eigenvalue weighted by Gasteiger charge is -2.07. The third-order valence-corrected chi connectivity index (χ3v) is 3.72. The van der Waals surface area contributed by atoms with Gasteiger partial charge in [-0.05, 0) is 53.6 Å². The van der Waals surface area contributed by atoms with Gasteiger partial charge in [0.2, 0.25) is 0 Å². The Balaban J connectivity index is 1.73. The van der Waals surface area contributed by atoms with E-state index in [0.29, 0.717) is 22.6 Å². The quantitative estimate of drug-likeness (QED) is 0.524. The number of esters is 1. The first-order valence-corrected chi connectivity index (χ1v) is 7.66. The molecule has 3 aromatic carbocycles. The predicted molar refractivity (Wildman–Crippen MR) is 94.5 cm³/mol. The first kappa shape index (κ1) is 16.3. The van der Waals surface area contributed by atoms with Crippen molar-refractivity contribution < 1.29 is 14.3 Å². The SMILES string of the molecule is COc1cccc(C(=O)Oc2ccc(-c3ccc(C#N)cc3)cc2)c1. The maximum absolute atomic E-state index is 12.2. The van der Waals surface area contributed by atoms with Gasteiger partial charge in [-0.2, -0.15) is 5.26 Å². The van der Waals surface area contributed by atoms with Crippen molar-refractivity contribution in [2.45, 2.75) is 0 Å². The summed E-state index contributed by atoms with van der Waals surface area (Å²) in [7, 11) is 1.55. The predicted octanol–water partition coefficient (Wildman–Crippen LogP) is 4.45. The number of carbonyl (C=O) groups excluding carboxylic acids is 1. The molecular formula is C21H15NO3. The minimum absolute atomic E-state index is 0.426. The van der Waals surface area contributed by atoms with Crippen molar-refractivity contribution >= 4 is 5.97 Å². The summed E-state index contributed by atoms with van der Waals surface area (Å²) in [6.07, 6.45) is 0. The molecule has 0 unspecified atom stereocenters. The lowest BCUT2D eigenvalue weighted by molar-refractivity contribution is 0.0734. The molecule has 0 saturated carbocycles. The minimum Gasteiger partial charge on any atom is -0.497 e. The summed E-state index contributed by atoms with van der Waals surface area (Å²) >= 11 is 0. The maximum Gasteiger partial charge on any atom is 0.343 e. The van der Waals surface area contributed by atoms with Crippen molar-refractivity contribution in [3.8, 4) is 28.7 Å². The first-order chi connectivity index (χ1) is 12.2. The van der Waals surface area contributed by atoms with Crippen molar-refractivity contribution in [2.75, 3.05) is 7.11 Å². The molecule has 3 aromatic rings. The second kappa shape index (κ2) is 7.33. The van der Waals surface area contributed by atoms with Crippen LogP contribution in [-0.2, 0) is 0 Å². The highest BCUT2D eigenvalue weighted by atomic mass is 16.5. The van der Waals surface area contributed by atoms with E-state index in [1.807, 2.05) is 24.3 Å². The molecule has 0 aromatic heterocycles. The zero-order valence-corrected chi connectivity index (χ0v) is 13.6. The van der Waals surface area contributed by atoms with Crippen molar-refractivity contribution in [3.05, 3.63) is 83.9 Å². The molecule has 0 aliphatic rings. The molecule has 0 amide bonds. The molecule has 122 valence electrons. The zero-order chi connectivity index (χ0) is 17.6. The van der Waals surface area contributed by atoms with Gasteiger partial charge in [0.05, 0.1) is 24.3 Å². The van der Waals surface area contributed by atoms with E-state index in [4.69, 9.17) is 14.7 Å². The van der Waals surface area contributed by atoms with Crippen molar-refractivity contribution in [3.63, 3.8) is 0 Å². The van der Waals surface area contributed by atoms with Crippen LogP contribution in [0.15, 0.2) is 72.8 Å². The number of rotatable bonds is 4. The molecular weight excluding hydrogens is 314 g/mol. The number of methoxy groups -OCH3 is 1. The molecule has 0 spiro atoms. The van der Waals surface area contributed by atoms with Gasteiger partial charge in [-0.25, -0.2) is 4.79 Å². The van der Waals surface area contributed by atoms with E-state index in [1.54, 1.807) is 55.6 Å². The van der Waals surface area contributed by atoms with Crippen molar-refractivity contribution in [1.29, 1.82) is 5.26 Å². The standard InChI is InChI=1S/C21H15NO3/c1-24-20-4-2-3-18(13-20)21(23)25-19-11-9-17(10-12-19)16-7-5-15(14-22)6-8-16/h2-13H,1H3. The number of nitriles is 1. The van der Waals surface area contributed by atoms with Gasteiger partial charge in [-0.3, -0.25) is 0 Å². The van der Waals surface area contributed by atoms with E-state index in [9.17, 15) is 4.79 Å².